The Morgan fingerprint density at radius 3 is 3.08 bits per heavy atom. The maximum Gasteiger partial charge on any atom is 0.0343 e. The van der Waals surface area contributed by atoms with Crippen molar-refractivity contribution in [2.75, 3.05) is 0 Å². The van der Waals surface area contributed by atoms with Crippen LogP contribution in [0.25, 0.3) is 12.2 Å². The Morgan fingerprint density at radius 2 is 2.25 bits per heavy atom. The van der Waals surface area contributed by atoms with E-state index in [1.165, 1.54) is 16.0 Å². The van der Waals surface area contributed by atoms with E-state index in [4.69, 9.17) is 0 Å². The fourth-order valence-electron chi connectivity index (χ4n) is 1.69. The molecule has 0 spiro atoms. The van der Waals surface area contributed by atoms with Gasteiger partial charge in [-0.05, 0) is 35.3 Å². The molecule has 1 aromatic rings. The van der Waals surface area contributed by atoms with E-state index in [-0.39, 0.29) is 0 Å². The highest BCUT2D eigenvalue weighted by atomic mass is 14.6. The molecule has 0 amide bonds. The summed E-state index contributed by atoms with van der Waals surface area (Å²) in [5, 5.41) is 2.68. The molecule has 1 atom stereocenters. The molecule has 0 bridgehead atoms. The van der Waals surface area contributed by atoms with Gasteiger partial charge in [-0.1, -0.05) is 19.1 Å². The number of rotatable bonds is 0. The van der Waals surface area contributed by atoms with Gasteiger partial charge in [0.2, 0.25) is 0 Å². The van der Waals surface area contributed by atoms with Crippen molar-refractivity contribution in [3.05, 3.63) is 28.4 Å². The molecule has 1 heteroatoms. The first kappa shape index (κ1) is 7.53. The van der Waals surface area contributed by atoms with E-state index in [9.17, 15) is 0 Å². The van der Waals surface area contributed by atoms with Gasteiger partial charge in [-0.2, -0.15) is 0 Å². The molecular formula is C11H13N. The van der Waals surface area contributed by atoms with Crippen LogP contribution in [-0.4, -0.2) is 4.98 Å². The first-order valence-electron chi connectivity index (χ1n) is 4.40. The third-order valence-electron chi connectivity index (χ3n) is 2.38. The average molecular weight is 159 g/mol. The Morgan fingerprint density at radius 1 is 1.42 bits per heavy atom. The summed E-state index contributed by atoms with van der Waals surface area (Å²) in [6.45, 7) is 4.36. The lowest BCUT2D eigenvalue weighted by Gasteiger charge is -2.07. The molecule has 0 aliphatic heterocycles. The van der Waals surface area contributed by atoms with Gasteiger partial charge < -0.3 is 0 Å². The number of aromatic nitrogens is 1. The molecule has 1 nitrogen and oxygen atoms in total. The highest BCUT2D eigenvalue weighted by Gasteiger charge is 2.01. The predicted octanol–water partition coefficient (Wildman–Crippen LogP) is 0.991. The summed E-state index contributed by atoms with van der Waals surface area (Å²) >= 11 is 0. The normalized spacial score (nSPS) is 20.7. The highest BCUT2D eigenvalue weighted by molar-refractivity contribution is 5.41. The van der Waals surface area contributed by atoms with Crippen molar-refractivity contribution in [3.8, 4) is 0 Å². The van der Waals surface area contributed by atoms with E-state index in [1.54, 1.807) is 0 Å². The van der Waals surface area contributed by atoms with Gasteiger partial charge in [0.05, 0.1) is 0 Å². The van der Waals surface area contributed by atoms with Gasteiger partial charge in [-0.15, -0.1) is 0 Å². The van der Waals surface area contributed by atoms with E-state index >= 15 is 0 Å². The van der Waals surface area contributed by atoms with Crippen LogP contribution in [0, 0.1) is 12.8 Å². The van der Waals surface area contributed by atoms with Crippen LogP contribution >= 0.6 is 0 Å². The van der Waals surface area contributed by atoms with Gasteiger partial charge in [-0.25, -0.2) is 0 Å². The first-order valence-corrected chi connectivity index (χ1v) is 4.40. The summed E-state index contributed by atoms with van der Waals surface area (Å²) < 4.78 is 0. The average Bonchev–Trinajstić information content (AvgIpc) is 2.04. The largest absolute Gasteiger partial charge is 0.264 e. The van der Waals surface area contributed by atoms with Gasteiger partial charge in [0.15, 0.2) is 0 Å². The molecule has 2 rings (SSSR count). The second-order valence-corrected chi connectivity index (χ2v) is 3.54. The second-order valence-electron chi connectivity index (χ2n) is 3.54. The SMILES string of the molecule is Cc1cncc2c1=CC[C@H](C)C=2. The molecule has 0 saturated heterocycles. The van der Waals surface area contributed by atoms with Crippen LogP contribution in [-0.2, 0) is 0 Å². The number of pyridine rings is 1. The van der Waals surface area contributed by atoms with Gasteiger partial charge in [0, 0.05) is 12.4 Å². The molecule has 1 aliphatic carbocycles. The van der Waals surface area contributed by atoms with E-state index in [0.717, 1.165) is 6.42 Å². The monoisotopic (exact) mass is 159 g/mol. The van der Waals surface area contributed by atoms with Crippen LogP contribution in [0.15, 0.2) is 12.4 Å². The quantitative estimate of drug-likeness (QED) is 0.550. The minimum absolute atomic E-state index is 0.668. The van der Waals surface area contributed by atoms with E-state index in [0.29, 0.717) is 5.92 Å². The maximum absolute atomic E-state index is 4.18. The summed E-state index contributed by atoms with van der Waals surface area (Å²) in [6.07, 6.45) is 9.66. The molecular weight excluding hydrogens is 146 g/mol. The Hall–Kier alpha value is -1.11. The number of nitrogens with zero attached hydrogens (tertiary/aromatic N) is 1. The number of hydrogen-bond acceptors (Lipinski definition) is 1. The zero-order valence-electron chi connectivity index (χ0n) is 7.54. The zero-order valence-corrected chi connectivity index (χ0v) is 7.54. The minimum atomic E-state index is 0.668. The summed E-state index contributed by atoms with van der Waals surface area (Å²) in [6, 6.07) is 0. The van der Waals surface area contributed by atoms with Gasteiger partial charge in [0.1, 0.15) is 0 Å². The number of hydrogen-bond donors (Lipinski definition) is 0. The topological polar surface area (TPSA) is 12.9 Å². The molecule has 0 fully saturated rings. The first-order chi connectivity index (χ1) is 5.77. The fourth-order valence-corrected chi connectivity index (χ4v) is 1.69. The van der Waals surface area contributed by atoms with Crippen LogP contribution in [0.4, 0.5) is 0 Å². The lowest BCUT2D eigenvalue weighted by Crippen LogP contribution is -2.31. The van der Waals surface area contributed by atoms with Crippen molar-refractivity contribution >= 4 is 12.2 Å². The molecule has 0 saturated carbocycles. The molecule has 62 valence electrons. The molecule has 0 unspecified atom stereocenters. The molecule has 1 aliphatic rings. The van der Waals surface area contributed by atoms with Gasteiger partial charge in [-0.3, -0.25) is 4.98 Å². The molecule has 1 heterocycles. The third-order valence-corrected chi connectivity index (χ3v) is 2.38. The summed E-state index contributed by atoms with van der Waals surface area (Å²) in [7, 11) is 0. The standard InChI is InChI=1S/C11H13N/c1-8-3-4-11-9(2)6-12-7-10(11)5-8/h4-8H,3H2,1-2H3/t8-/m0/s1. The third kappa shape index (κ3) is 1.15. The smallest absolute Gasteiger partial charge is 0.0343 e. The summed E-state index contributed by atoms with van der Waals surface area (Å²) in [5.74, 6) is 0.668. The van der Waals surface area contributed by atoms with Crippen LogP contribution in [0.5, 0.6) is 0 Å². The predicted molar refractivity (Wildman–Crippen MR) is 50.9 cm³/mol. The van der Waals surface area contributed by atoms with Crippen LogP contribution in [0.2, 0.25) is 0 Å². The van der Waals surface area contributed by atoms with Crippen molar-refractivity contribution in [1.82, 2.24) is 4.98 Å². The van der Waals surface area contributed by atoms with E-state index in [2.05, 4.69) is 31.0 Å². The lowest BCUT2D eigenvalue weighted by molar-refractivity contribution is 0.798. The highest BCUT2D eigenvalue weighted by Crippen LogP contribution is 2.05. The van der Waals surface area contributed by atoms with Gasteiger partial charge in [0.25, 0.3) is 0 Å². The van der Waals surface area contributed by atoms with Crippen LogP contribution in [0.1, 0.15) is 18.9 Å². The van der Waals surface area contributed by atoms with Crippen molar-refractivity contribution in [3.63, 3.8) is 0 Å². The Bertz CT molecular complexity index is 404. The summed E-state index contributed by atoms with van der Waals surface area (Å²) in [4.78, 5) is 4.18. The van der Waals surface area contributed by atoms with E-state index < -0.39 is 0 Å². The Balaban J connectivity index is 2.78. The number of fused-ring (bicyclic) bond motifs is 1. The Kier molecular flexibility index (Phi) is 1.72. The van der Waals surface area contributed by atoms with Crippen LogP contribution in [0.3, 0.4) is 0 Å². The zero-order chi connectivity index (χ0) is 8.55. The van der Waals surface area contributed by atoms with E-state index in [1.807, 2.05) is 12.4 Å². The van der Waals surface area contributed by atoms with Crippen molar-refractivity contribution < 1.29 is 0 Å². The van der Waals surface area contributed by atoms with Crippen molar-refractivity contribution in [1.29, 1.82) is 0 Å². The minimum Gasteiger partial charge on any atom is -0.264 e. The van der Waals surface area contributed by atoms with Gasteiger partial charge >= 0.3 is 0 Å². The number of aryl methyl sites for hydroxylation is 1. The van der Waals surface area contributed by atoms with Crippen molar-refractivity contribution in [2.24, 2.45) is 5.92 Å². The maximum atomic E-state index is 4.18. The molecule has 12 heavy (non-hydrogen) atoms. The fraction of sp³-hybridized carbons (Fsp3) is 0.364. The molecule has 0 radical (unpaired) electrons. The molecule has 0 aromatic carbocycles. The summed E-state index contributed by atoms with van der Waals surface area (Å²) in [5.41, 5.74) is 1.29. The molecule has 1 aromatic heterocycles. The lowest BCUT2D eigenvalue weighted by atomic mass is 9.99. The second kappa shape index (κ2) is 2.74. The van der Waals surface area contributed by atoms with Crippen molar-refractivity contribution in [2.45, 2.75) is 20.3 Å². The van der Waals surface area contributed by atoms with Crippen LogP contribution < -0.4 is 10.4 Å². The molecule has 0 N–H and O–H groups in total. The Labute approximate surface area is 72.5 Å².